The number of carbonyl (C=O) groups is 2. The third-order valence-corrected chi connectivity index (χ3v) is 1.97. The standard InChI is InChI=1S/C10H20N2O4/c1-3-4-7-15-10(14)12-16-9(13)8(2)5-6-11/h8H,3-7,11H2,1-2H3,(H,12,14)/t8-/m1/s1. The van der Waals surface area contributed by atoms with E-state index in [2.05, 4.69) is 4.84 Å². The van der Waals surface area contributed by atoms with Gasteiger partial charge in [-0.3, -0.25) is 0 Å². The summed E-state index contributed by atoms with van der Waals surface area (Å²) in [5, 5.41) is 0. The summed E-state index contributed by atoms with van der Waals surface area (Å²) < 4.78 is 4.72. The molecule has 0 aromatic rings. The maximum atomic E-state index is 11.2. The summed E-state index contributed by atoms with van der Waals surface area (Å²) in [6, 6.07) is 0. The van der Waals surface area contributed by atoms with Gasteiger partial charge < -0.3 is 15.3 Å². The largest absolute Gasteiger partial charge is 0.447 e. The van der Waals surface area contributed by atoms with Crippen LogP contribution in [-0.4, -0.2) is 25.2 Å². The minimum atomic E-state index is -0.748. The topological polar surface area (TPSA) is 90.6 Å². The van der Waals surface area contributed by atoms with E-state index in [1.165, 1.54) is 0 Å². The van der Waals surface area contributed by atoms with Crippen molar-refractivity contribution in [1.29, 1.82) is 0 Å². The van der Waals surface area contributed by atoms with E-state index in [0.717, 1.165) is 12.8 Å². The first-order chi connectivity index (χ1) is 7.61. The number of ether oxygens (including phenoxy) is 1. The molecule has 6 heteroatoms. The van der Waals surface area contributed by atoms with Crippen molar-refractivity contribution >= 4 is 12.1 Å². The summed E-state index contributed by atoms with van der Waals surface area (Å²) >= 11 is 0. The van der Waals surface area contributed by atoms with Crippen molar-refractivity contribution < 1.29 is 19.2 Å². The van der Waals surface area contributed by atoms with Crippen LogP contribution in [-0.2, 0) is 14.4 Å². The summed E-state index contributed by atoms with van der Waals surface area (Å²) in [6.07, 6.45) is 1.48. The summed E-state index contributed by atoms with van der Waals surface area (Å²) in [5.41, 5.74) is 7.21. The number of carbonyl (C=O) groups excluding carboxylic acids is 2. The molecule has 0 aliphatic carbocycles. The van der Waals surface area contributed by atoms with Crippen molar-refractivity contribution in [3.63, 3.8) is 0 Å². The van der Waals surface area contributed by atoms with Gasteiger partial charge in [-0.05, 0) is 19.4 Å². The van der Waals surface area contributed by atoms with Crippen LogP contribution in [0.5, 0.6) is 0 Å². The van der Waals surface area contributed by atoms with Gasteiger partial charge in [-0.1, -0.05) is 20.3 Å². The molecule has 0 fully saturated rings. The Morgan fingerprint density at radius 3 is 2.69 bits per heavy atom. The van der Waals surface area contributed by atoms with E-state index in [1.54, 1.807) is 6.92 Å². The van der Waals surface area contributed by atoms with Gasteiger partial charge in [0.15, 0.2) is 0 Å². The molecule has 6 nitrogen and oxygen atoms in total. The quantitative estimate of drug-likeness (QED) is 0.525. The van der Waals surface area contributed by atoms with Gasteiger partial charge in [0.1, 0.15) is 0 Å². The van der Waals surface area contributed by atoms with E-state index in [-0.39, 0.29) is 5.92 Å². The molecule has 0 bridgehead atoms. The predicted octanol–water partition coefficient (Wildman–Crippen LogP) is 0.956. The fourth-order valence-corrected chi connectivity index (χ4v) is 0.899. The van der Waals surface area contributed by atoms with Crippen LogP contribution in [0.25, 0.3) is 0 Å². The van der Waals surface area contributed by atoms with E-state index in [4.69, 9.17) is 10.5 Å². The molecule has 3 N–H and O–H groups in total. The lowest BCUT2D eigenvalue weighted by molar-refractivity contribution is -0.154. The Bertz CT molecular complexity index is 221. The molecule has 1 atom stereocenters. The number of rotatable bonds is 6. The molecule has 16 heavy (non-hydrogen) atoms. The summed E-state index contributed by atoms with van der Waals surface area (Å²) in [7, 11) is 0. The monoisotopic (exact) mass is 232 g/mol. The second kappa shape index (κ2) is 8.96. The third kappa shape index (κ3) is 7.05. The van der Waals surface area contributed by atoms with Gasteiger partial charge in [-0.2, -0.15) is 0 Å². The van der Waals surface area contributed by atoms with Crippen LogP contribution >= 0.6 is 0 Å². The molecule has 0 spiro atoms. The van der Waals surface area contributed by atoms with Gasteiger partial charge in [-0.25, -0.2) is 9.59 Å². The maximum absolute atomic E-state index is 11.2. The Hall–Kier alpha value is -1.30. The highest BCUT2D eigenvalue weighted by molar-refractivity contribution is 5.74. The number of hydrogen-bond donors (Lipinski definition) is 2. The average molecular weight is 232 g/mol. The van der Waals surface area contributed by atoms with Gasteiger partial charge in [0, 0.05) is 0 Å². The van der Waals surface area contributed by atoms with Crippen molar-refractivity contribution in [2.45, 2.75) is 33.1 Å². The van der Waals surface area contributed by atoms with Gasteiger partial charge in [0.2, 0.25) is 0 Å². The van der Waals surface area contributed by atoms with E-state index >= 15 is 0 Å². The lowest BCUT2D eigenvalue weighted by Gasteiger charge is -2.10. The summed E-state index contributed by atoms with van der Waals surface area (Å²) in [6.45, 7) is 4.38. The fourth-order valence-electron chi connectivity index (χ4n) is 0.899. The highest BCUT2D eigenvalue weighted by atomic mass is 16.7. The van der Waals surface area contributed by atoms with Crippen molar-refractivity contribution in [2.24, 2.45) is 11.7 Å². The Labute approximate surface area is 95.4 Å². The van der Waals surface area contributed by atoms with Crippen LogP contribution < -0.4 is 11.2 Å². The molecule has 0 heterocycles. The number of unbranched alkanes of at least 4 members (excludes halogenated alkanes) is 1. The van der Waals surface area contributed by atoms with Gasteiger partial charge >= 0.3 is 12.1 Å². The molecule has 0 aromatic heterocycles. The average Bonchev–Trinajstić information content (AvgIpc) is 2.26. The molecule has 0 radical (unpaired) electrons. The van der Waals surface area contributed by atoms with Crippen LogP contribution in [0.3, 0.4) is 0 Å². The first-order valence-electron chi connectivity index (χ1n) is 5.45. The normalized spacial score (nSPS) is 11.7. The molecular weight excluding hydrogens is 212 g/mol. The minimum absolute atomic E-state index is 0.318. The number of hydroxylamine groups is 1. The smallest absolute Gasteiger partial charge is 0.440 e. The van der Waals surface area contributed by atoms with E-state index in [1.807, 2.05) is 12.4 Å². The second-order valence-corrected chi connectivity index (χ2v) is 3.49. The molecule has 0 aromatic carbocycles. The highest BCUT2D eigenvalue weighted by Crippen LogP contribution is 2.01. The van der Waals surface area contributed by atoms with Gasteiger partial charge in [0.05, 0.1) is 12.5 Å². The van der Waals surface area contributed by atoms with Crippen LogP contribution in [0.2, 0.25) is 0 Å². The van der Waals surface area contributed by atoms with Gasteiger partial charge in [0.25, 0.3) is 0 Å². The molecular formula is C10H20N2O4. The summed E-state index contributed by atoms with van der Waals surface area (Å²) in [4.78, 5) is 26.7. The zero-order chi connectivity index (χ0) is 12.4. The van der Waals surface area contributed by atoms with Crippen molar-refractivity contribution in [2.75, 3.05) is 13.2 Å². The van der Waals surface area contributed by atoms with Crippen molar-refractivity contribution in [3.05, 3.63) is 0 Å². The first-order valence-corrected chi connectivity index (χ1v) is 5.45. The van der Waals surface area contributed by atoms with Crippen LogP contribution in [0.4, 0.5) is 4.79 Å². The lowest BCUT2D eigenvalue weighted by Crippen LogP contribution is -2.31. The molecule has 0 aliphatic heterocycles. The van der Waals surface area contributed by atoms with Crippen LogP contribution in [0.1, 0.15) is 33.1 Å². The fraction of sp³-hybridized carbons (Fsp3) is 0.800. The van der Waals surface area contributed by atoms with Crippen LogP contribution in [0.15, 0.2) is 0 Å². The highest BCUT2D eigenvalue weighted by Gasteiger charge is 2.15. The van der Waals surface area contributed by atoms with Crippen molar-refractivity contribution in [3.8, 4) is 0 Å². The molecule has 1 amide bonds. The molecule has 94 valence electrons. The van der Waals surface area contributed by atoms with E-state index in [0.29, 0.717) is 19.6 Å². The number of nitrogens with one attached hydrogen (secondary N) is 1. The lowest BCUT2D eigenvalue weighted by atomic mass is 10.1. The second-order valence-electron chi connectivity index (χ2n) is 3.49. The molecule has 0 rings (SSSR count). The Morgan fingerprint density at radius 2 is 2.12 bits per heavy atom. The number of amides is 1. The Kier molecular flexibility index (Phi) is 8.24. The minimum Gasteiger partial charge on any atom is -0.447 e. The molecule has 0 saturated carbocycles. The number of nitrogens with two attached hydrogens (primary N) is 1. The third-order valence-electron chi connectivity index (χ3n) is 1.97. The van der Waals surface area contributed by atoms with E-state index in [9.17, 15) is 9.59 Å². The predicted molar refractivity (Wildman–Crippen MR) is 58.3 cm³/mol. The zero-order valence-electron chi connectivity index (χ0n) is 9.82. The first kappa shape index (κ1) is 14.7. The zero-order valence-corrected chi connectivity index (χ0v) is 9.82. The molecule has 0 saturated heterocycles. The van der Waals surface area contributed by atoms with Crippen LogP contribution in [0, 0.1) is 5.92 Å². The maximum Gasteiger partial charge on any atom is 0.440 e. The SMILES string of the molecule is CCCCOC(=O)NOC(=O)[C@H](C)CCN. The molecule has 0 aliphatic rings. The Balaban J connectivity index is 3.62. The van der Waals surface area contributed by atoms with Gasteiger partial charge in [-0.15, -0.1) is 5.48 Å². The molecule has 0 unspecified atom stereocenters. The van der Waals surface area contributed by atoms with E-state index < -0.39 is 12.1 Å². The summed E-state index contributed by atoms with van der Waals surface area (Å²) in [5.74, 6) is -0.848. The number of hydrogen-bond acceptors (Lipinski definition) is 5. The Morgan fingerprint density at radius 1 is 1.44 bits per heavy atom. The van der Waals surface area contributed by atoms with Crippen molar-refractivity contribution in [1.82, 2.24) is 5.48 Å².